The number of hydrogen-bond donors (Lipinski definition) is 2. The highest BCUT2D eigenvalue weighted by Gasteiger charge is 2.12. The minimum atomic E-state index is -3.53. The van der Waals surface area contributed by atoms with Gasteiger partial charge in [0.2, 0.25) is 10.0 Å². The summed E-state index contributed by atoms with van der Waals surface area (Å²) in [5, 5.41) is 8.79. The highest BCUT2D eigenvalue weighted by Crippen LogP contribution is 2.15. The fourth-order valence-corrected chi connectivity index (χ4v) is 2.90. The van der Waals surface area contributed by atoms with Crippen LogP contribution in [0.4, 0.5) is 11.4 Å². The quantitative estimate of drug-likeness (QED) is 0.841. The van der Waals surface area contributed by atoms with E-state index in [9.17, 15) is 8.42 Å². The Balaban J connectivity index is 2.15. The number of nitriles is 1. The van der Waals surface area contributed by atoms with Crippen LogP contribution in [0, 0.1) is 11.3 Å². The molecule has 6 heteroatoms. The molecule has 2 rings (SSSR count). The molecule has 0 spiro atoms. The van der Waals surface area contributed by atoms with Crippen molar-refractivity contribution in [2.24, 2.45) is 0 Å². The molecule has 0 fully saturated rings. The summed E-state index contributed by atoms with van der Waals surface area (Å²) in [6.45, 7) is 0. The number of benzene rings is 2. The molecule has 0 aliphatic carbocycles. The Kier molecular flexibility index (Phi) is 3.91. The molecule has 20 heavy (non-hydrogen) atoms. The average molecular weight is 287 g/mol. The van der Waals surface area contributed by atoms with E-state index in [0.29, 0.717) is 22.5 Å². The molecular weight excluding hydrogens is 274 g/mol. The van der Waals surface area contributed by atoms with Crippen molar-refractivity contribution in [3.05, 3.63) is 59.7 Å². The molecular formula is C14H13N3O2S. The zero-order chi connectivity index (χ0) is 14.6. The van der Waals surface area contributed by atoms with E-state index >= 15 is 0 Å². The number of anilines is 2. The monoisotopic (exact) mass is 287 g/mol. The summed E-state index contributed by atoms with van der Waals surface area (Å²) in [6, 6.07) is 14.9. The van der Waals surface area contributed by atoms with E-state index < -0.39 is 10.0 Å². The topological polar surface area (TPSA) is 96.0 Å². The molecule has 0 saturated carbocycles. The molecule has 0 heterocycles. The lowest BCUT2D eigenvalue weighted by Crippen LogP contribution is -2.15. The zero-order valence-electron chi connectivity index (χ0n) is 10.6. The predicted molar refractivity (Wildman–Crippen MR) is 78.3 cm³/mol. The number of rotatable bonds is 4. The number of nitrogens with one attached hydrogen (secondary N) is 1. The number of sulfonamides is 1. The molecule has 0 aliphatic rings. The molecule has 2 aromatic rings. The van der Waals surface area contributed by atoms with Crippen LogP contribution in [0.2, 0.25) is 0 Å². The summed E-state index contributed by atoms with van der Waals surface area (Å²) in [5.74, 6) is -0.188. The first-order valence-corrected chi connectivity index (χ1v) is 7.49. The van der Waals surface area contributed by atoms with Crippen LogP contribution in [0.3, 0.4) is 0 Å². The van der Waals surface area contributed by atoms with Gasteiger partial charge in [-0.3, -0.25) is 4.72 Å². The summed E-state index contributed by atoms with van der Waals surface area (Å²) in [7, 11) is -3.53. The first kappa shape index (κ1) is 13.9. The molecule has 0 aromatic heterocycles. The van der Waals surface area contributed by atoms with E-state index in [0.717, 1.165) is 0 Å². The van der Waals surface area contributed by atoms with Crippen LogP contribution >= 0.6 is 0 Å². The smallest absolute Gasteiger partial charge is 0.236 e. The predicted octanol–water partition coefficient (Wildman–Crippen LogP) is 2.08. The van der Waals surface area contributed by atoms with E-state index in [1.165, 1.54) is 0 Å². The van der Waals surface area contributed by atoms with E-state index in [-0.39, 0.29) is 5.75 Å². The lowest BCUT2D eigenvalue weighted by Gasteiger charge is -2.08. The highest BCUT2D eigenvalue weighted by atomic mass is 32.2. The molecule has 0 aliphatic heterocycles. The van der Waals surface area contributed by atoms with E-state index in [1.54, 1.807) is 48.5 Å². The first-order chi connectivity index (χ1) is 9.48. The van der Waals surface area contributed by atoms with Crippen molar-refractivity contribution in [1.82, 2.24) is 0 Å². The molecule has 0 amide bonds. The van der Waals surface area contributed by atoms with Crippen LogP contribution in [0.1, 0.15) is 11.1 Å². The second-order valence-electron chi connectivity index (χ2n) is 4.30. The Labute approximate surface area is 117 Å². The molecule has 102 valence electrons. The maximum absolute atomic E-state index is 12.0. The van der Waals surface area contributed by atoms with Gasteiger partial charge in [0.25, 0.3) is 0 Å². The van der Waals surface area contributed by atoms with E-state index in [1.807, 2.05) is 6.07 Å². The van der Waals surface area contributed by atoms with Gasteiger partial charge in [-0.05, 0) is 42.0 Å². The normalized spacial score (nSPS) is 10.8. The molecule has 2 aromatic carbocycles. The Morgan fingerprint density at radius 2 is 1.85 bits per heavy atom. The summed E-state index contributed by atoms with van der Waals surface area (Å²) in [5.41, 5.74) is 7.55. The van der Waals surface area contributed by atoms with Gasteiger partial charge in [-0.2, -0.15) is 5.26 Å². The van der Waals surface area contributed by atoms with Gasteiger partial charge in [0, 0.05) is 11.4 Å². The molecule has 0 unspecified atom stereocenters. The fourth-order valence-electron chi connectivity index (χ4n) is 1.72. The minimum absolute atomic E-state index is 0.188. The van der Waals surface area contributed by atoms with Crippen molar-refractivity contribution in [1.29, 1.82) is 5.26 Å². The van der Waals surface area contributed by atoms with Crippen molar-refractivity contribution in [3.63, 3.8) is 0 Å². The van der Waals surface area contributed by atoms with Crippen LogP contribution in [-0.4, -0.2) is 8.42 Å². The number of nitrogen functional groups attached to an aromatic ring is 1. The largest absolute Gasteiger partial charge is 0.399 e. The van der Waals surface area contributed by atoms with Gasteiger partial charge >= 0.3 is 0 Å². The molecule has 0 saturated heterocycles. The third kappa shape index (κ3) is 3.73. The van der Waals surface area contributed by atoms with Crippen molar-refractivity contribution in [3.8, 4) is 6.07 Å². The summed E-state index contributed by atoms with van der Waals surface area (Å²) >= 11 is 0. The van der Waals surface area contributed by atoms with E-state index in [2.05, 4.69) is 4.72 Å². The molecule has 0 atom stereocenters. The Morgan fingerprint density at radius 3 is 2.50 bits per heavy atom. The first-order valence-electron chi connectivity index (χ1n) is 5.83. The number of nitrogens with two attached hydrogens (primary N) is 1. The van der Waals surface area contributed by atoms with Crippen molar-refractivity contribution < 1.29 is 8.42 Å². The van der Waals surface area contributed by atoms with Crippen molar-refractivity contribution >= 4 is 21.4 Å². The Morgan fingerprint density at radius 1 is 1.15 bits per heavy atom. The zero-order valence-corrected chi connectivity index (χ0v) is 11.4. The van der Waals surface area contributed by atoms with E-state index in [4.69, 9.17) is 11.0 Å². The number of nitrogens with zero attached hydrogens (tertiary/aromatic N) is 1. The van der Waals surface area contributed by atoms with Crippen LogP contribution in [0.5, 0.6) is 0 Å². The summed E-state index contributed by atoms with van der Waals surface area (Å²) in [6.07, 6.45) is 0. The van der Waals surface area contributed by atoms with Crippen LogP contribution in [0.25, 0.3) is 0 Å². The van der Waals surface area contributed by atoms with Gasteiger partial charge < -0.3 is 5.73 Å². The summed E-state index contributed by atoms with van der Waals surface area (Å²) < 4.78 is 26.5. The van der Waals surface area contributed by atoms with Gasteiger partial charge in [0.15, 0.2) is 0 Å². The second-order valence-corrected chi connectivity index (χ2v) is 6.02. The average Bonchev–Trinajstić information content (AvgIpc) is 2.41. The molecule has 3 N–H and O–H groups in total. The third-order valence-corrected chi connectivity index (χ3v) is 3.86. The van der Waals surface area contributed by atoms with Gasteiger partial charge in [0.1, 0.15) is 0 Å². The maximum atomic E-state index is 12.0. The van der Waals surface area contributed by atoms with Gasteiger partial charge in [-0.25, -0.2) is 8.42 Å². The lowest BCUT2D eigenvalue weighted by molar-refractivity contribution is 0.600. The Bertz CT molecular complexity index is 747. The molecule has 5 nitrogen and oxygen atoms in total. The standard InChI is InChI=1S/C14H13N3O2S/c15-9-11-2-1-3-12(8-11)10-20(18,19)17-14-6-4-13(16)5-7-14/h1-8,17H,10,16H2. The second kappa shape index (κ2) is 5.63. The van der Waals surface area contributed by atoms with Crippen LogP contribution < -0.4 is 10.5 Å². The number of hydrogen-bond acceptors (Lipinski definition) is 4. The van der Waals surface area contributed by atoms with Gasteiger partial charge in [0.05, 0.1) is 17.4 Å². The van der Waals surface area contributed by atoms with Gasteiger partial charge in [-0.1, -0.05) is 12.1 Å². The Hall–Kier alpha value is -2.52. The van der Waals surface area contributed by atoms with Crippen molar-refractivity contribution in [2.45, 2.75) is 5.75 Å². The highest BCUT2D eigenvalue weighted by molar-refractivity contribution is 7.91. The fraction of sp³-hybridized carbons (Fsp3) is 0.0714. The van der Waals surface area contributed by atoms with Gasteiger partial charge in [-0.15, -0.1) is 0 Å². The maximum Gasteiger partial charge on any atom is 0.236 e. The lowest BCUT2D eigenvalue weighted by atomic mass is 10.2. The minimum Gasteiger partial charge on any atom is -0.399 e. The van der Waals surface area contributed by atoms with Crippen molar-refractivity contribution in [2.75, 3.05) is 10.5 Å². The molecule has 0 bridgehead atoms. The van der Waals surface area contributed by atoms with Crippen LogP contribution in [0.15, 0.2) is 48.5 Å². The SMILES string of the molecule is N#Cc1cccc(CS(=O)(=O)Nc2ccc(N)cc2)c1. The molecule has 0 radical (unpaired) electrons. The summed E-state index contributed by atoms with van der Waals surface area (Å²) in [4.78, 5) is 0. The van der Waals surface area contributed by atoms with Crippen LogP contribution in [-0.2, 0) is 15.8 Å². The third-order valence-electron chi connectivity index (χ3n) is 2.60.